The van der Waals surface area contributed by atoms with Crippen LogP contribution in [0.4, 0.5) is 10.1 Å². The van der Waals surface area contributed by atoms with Crippen molar-refractivity contribution < 1.29 is 23.8 Å². The first-order chi connectivity index (χ1) is 18.7. The third-order valence-electron chi connectivity index (χ3n) is 7.60. The van der Waals surface area contributed by atoms with Crippen LogP contribution in [0, 0.1) is 5.82 Å². The number of hydrogen-bond acceptors (Lipinski definition) is 5. The average molecular weight is 527 g/mol. The van der Waals surface area contributed by atoms with Crippen LogP contribution < -0.4 is 14.8 Å². The predicted molar refractivity (Wildman–Crippen MR) is 151 cm³/mol. The number of allylic oxidation sites excluding steroid dienone is 1. The van der Waals surface area contributed by atoms with Crippen LogP contribution >= 0.6 is 0 Å². The molecule has 2 N–H and O–H groups in total. The minimum absolute atomic E-state index is 0.0134. The minimum Gasteiger partial charge on any atom is -0.504 e. The molecule has 0 atom stereocenters. The van der Waals surface area contributed by atoms with Gasteiger partial charge in [0.25, 0.3) is 5.91 Å². The number of likely N-dealkylation sites (tertiary alicyclic amines) is 1. The molecule has 3 aliphatic rings. The van der Waals surface area contributed by atoms with Gasteiger partial charge in [0.1, 0.15) is 17.3 Å². The summed E-state index contributed by atoms with van der Waals surface area (Å²) in [4.78, 5) is 15.2. The number of aromatic hydroxyl groups is 1. The standard InChI is InChI=1S/C32H31FN2O4/c1-18-17-32(2,3)34-23-10-9-21-28(27(18)23)26(39-25-12-11-24(36)30(38-4)29(21)25)15-19-7-8-20(33)16-22(19)31(37)35-13-5-6-14-35/h7-12,15-17,34,36H,5-6,13-14H2,1-4H3. The van der Waals surface area contributed by atoms with Crippen molar-refractivity contribution in [3.63, 3.8) is 0 Å². The van der Waals surface area contributed by atoms with Gasteiger partial charge in [0.2, 0.25) is 0 Å². The van der Waals surface area contributed by atoms with Crippen molar-refractivity contribution in [2.75, 3.05) is 25.5 Å². The van der Waals surface area contributed by atoms with Gasteiger partial charge in [-0.1, -0.05) is 18.2 Å². The molecule has 0 bridgehead atoms. The number of amides is 1. The van der Waals surface area contributed by atoms with Gasteiger partial charge < -0.3 is 24.8 Å². The summed E-state index contributed by atoms with van der Waals surface area (Å²) in [7, 11) is 1.52. The van der Waals surface area contributed by atoms with E-state index in [0.717, 1.165) is 40.8 Å². The van der Waals surface area contributed by atoms with Crippen LogP contribution in [0.2, 0.25) is 0 Å². The van der Waals surface area contributed by atoms with Crippen molar-refractivity contribution in [2.24, 2.45) is 0 Å². The van der Waals surface area contributed by atoms with Gasteiger partial charge in [-0.15, -0.1) is 0 Å². The average Bonchev–Trinajstić information content (AvgIpc) is 3.43. The molecule has 6 nitrogen and oxygen atoms in total. The summed E-state index contributed by atoms with van der Waals surface area (Å²) in [6.45, 7) is 7.61. The molecule has 3 aromatic rings. The van der Waals surface area contributed by atoms with E-state index in [4.69, 9.17) is 9.47 Å². The summed E-state index contributed by atoms with van der Waals surface area (Å²) in [6, 6.07) is 11.6. The van der Waals surface area contributed by atoms with E-state index in [1.165, 1.54) is 25.3 Å². The van der Waals surface area contributed by atoms with Gasteiger partial charge in [-0.2, -0.15) is 0 Å². The number of phenolic OH excluding ortho intramolecular Hbond substituents is 1. The smallest absolute Gasteiger partial charge is 0.254 e. The maximum Gasteiger partial charge on any atom is 0.254 e. The number of benzene rings is 3. The molecular formula is C32H31FN2O4. The highest BCUT2D eigenvalue weighted by Crippen LogP contribution is 2.54. The van der Waals surface area contributed by atoms with Crippen LogP contribution in [0.5, 0.6) is 17.2 Å². The molecule has 39 heavy (non-hydrogen) atoms. The molecule has 1 amide bonds. The number of carbonyl (C=O) groups excluding carboxylic acids is 1. The molecule has 0 unspecified atom stereocenters. The third-order valence-corrected chi connectivity index (χ3v) is 7.60. The predicted octanol–water partition coefficient (Wildman–Crippen LogP) is 6.94. The second-order valence-corrected chi connectivity index (χ2v) is 10.9. The molecule has 0 aliphatic carbocycles. The van der Waals surface area contributed by atoms with Gasteiger partial charge in [0, 0.05) is 41.0 Å². The van der Waals surface area contributed by atoms with E-state index >= 15 is 0 Å². The van der Waals surface area contributed by atoms with Crippen LogP contribution in [0.25, 0.3) is 28.5 Å². The lowest BCUT2D eigenvalue weighted by Crippen LogP contribution is -2.32. The molecule has 3 heterocycles. The van der Waals surface area contributed by atoms with E-state index in [1.807, 2.05) is 18.2 Å². The summed E-state index contributed by atoms with van der Waals surface area (Å²) in [6.07, 6.45) is 5.88. The van der Waals surface area contributed by atoms with Gasteiger partial charge in [-0.25, -0.2) is 4.39 Å². The first-order valence-corrected chi connectivity index (χ1v) is 13.2. The molecule has 1 saturated heterocycles. The fourth-order valence-electron chi connectivity index (χ4n) is 6.02. The van der Waals surface area contributed by atoms with Gasteiger partial charge in [-0.3, -0.25) is 4.79 Å². The van der Waals surface area contributed by atoms with E-state index in [9.17, 15) is 14.3 Å². The number of nitrogens with zero attached hydrogens (tertiary/aromatic N) is 1. The molecule has 0 radical (unpaired) electrons. The second kappa shape index (κ2) is 9.19. The van der Waals surface area contributed by atoms with E-state index in [2.05, 4.69) is 32.2 Å². The third kappa shape index (κ3) is 4.22. The Morgan fingerprint density at radius 1 is 1.10 bits per heavy atom. The topological polar surface area (TPSA) is 71.0 Å². The highest BCUT2D eigenvalue weighted by molar-refractivity contribution is 6.04. The molecule has 3 aliphatic heterocycles. The Bertz CT molecular complexity index is 1580. The summed E-state index contributed by atoms with van der Waals surface area (Å²) in [5.74, 6) is 0.737. The van der Waals surface area contributed by atoms with Crippen LogP contribution in [-0.2, 0) is 0 Å². The molecule has 3 aromatic carbocycles. The summed E-state index contributed by atoms with van der Waals surface area (Å²) in [5, 5.41) is 14.2. The van der Waals surface area contributed by atoms with Gasteiger partial charge in [0.05, 0.1) is 18.2 Å². The van der Waals surface area contributed by atoms with Crippen LogP contribution in [-0.4, -0.2) is 41.7 Å². The number of methoxy groups -OCH3 is 1. The lowest BCUT2D eigenvalue weighted by atomic mass is 9.82. The summed E-state index contributed by atoms with van der Waals surface area (Å²) in [5.41, 5.74) is 5.90. The molecule has 0 aromatic heterocycles. The first kappa shape index (κ1) is 25.0. The number of halogens is 1. The number of phenols is 1. The van der Waals surface area contributed by atoms with Crippen molar-refractivity contribution in [2.45, 2.75) is 39.2 Å². The Morgan fingerprint density at radius 2 is 1.87 bits per heavy atom. The van der Waals surface area contributed by atoms with Crippen molar-refractivity contribution in [3.05, 3.63) is 76.6 Å². The number of fused-ring (bicyclic) bond motifs is 5. The number of nitrogens with one attached hydrogen (secondary N) is 1. The van der Waals surface area contributed by atoms with Crippen molar-refractivity contribution in [3.8, 4) is 28.4 Å². The Balaban J connectivity index is 1.60. The Morgan fingerprint density at radius 3 is 2.62 bits per heavy atom. The zero-order chi connectivity index (χ0) is 27.5. The minimum atomic E-state index is -0.460. The lowest BCUT2D eigenvalue weighted by molar-refractivity contribution is 0.0792. The summed E-state index contributed by atoms with van der Waals surface area (Å²) < 4.78 is 26.5. The highest BCUT2D eigenvalue weighted by Gasteiger charge is 2.34. The van der Waals surface area contributed by atoms with E-state index < -0.39 is 5.82 Å². The van der Waals surface area contributed by atoms with E-state index in [-0.39, 0.29) is 17.2 Å². The SMILES string of the molecule is COc1c(O)ccc2c1-c1ccc3c(c1C(=Cc1ccc(F)cc1C(=O)N1CCCC1)O2)C(C)=CC(C)(C)N3. The molecule has 1 fully saturated rings. The number of hydrogen-bond donors (Lipinski definition) is 2. The zero-order valence-electron chi connectivity index (χ0n) is 22.5. The van der Waals surface area contributed by atoms with Crippen LogP contribution in [0.1, 0.15) is 60.7 Å². The van der Waals surface area contributed by atoms with Gasteiger partial charge in [-0.05, 0) is 81.2 Å². The normalized spacial score (nSPS) is 17.9. The molecule has 7 heteroatoms. The van der Waals surface area contributed by atoms with Gasteiger partial charge in [0.15, 0.2) is 11.5 Å². The molecule has 200 valence electrons. The Labute approximate surface area is 227 Å². The Kier molecular flexibility index (Phi) is 5.90. The summed E-state index contributed by atoms with van der Waals surface area (Å²) >= 11 is 0. The molecule has 6 rings (SSSR count). The van der Waals surface area contributed by atoms with Crippen LogP contribution in [0.15, 0.2) is 48.5 Å². The monoisotopic (exact) mass is 526 g/mol. The number of carbonyl (C=O) groups is 1. The fourth-order valence-corrected chi connectivity index (χ4v) is 6.02. The quantitative estimate of drug-likeness (QED) is 0.387. The zero-order valence-corrected chi connectivity index (χ0v) is 22.5. The van der Waals surface area contributed by atoms with Crippen molar-refractivity contribution in [1.29, 1.82) is 0 Å². The number of ether oxygens (including phenoxy) is 2. The van der Waals surface area contributed by atoms with Crippen molar-refractivity contribution in [1.82, 2.24) is 4.90 Å². The second-order valence-electron chi connectivity index (χ2n) is 10.9. The van der Waals surface area contributed by atoms with E-state index in [0.29, 0.717) is 47.0 Å². The fraction of sp³-hybridized carbons (Fsp3) is 0.281. The highest BCUT2D eigenvalue weighted by atomic mass is 19.1. The lowest BCUT2D eigenvalue weighted by Gasteiger charge is -2.35. The van der Waals surface area contributed by atoms with Crippen LogP contribution in [0.3, 0.4) is 0 Å². The maximum atomic E-state index is 14.4. The van der Waals surface area contributed by atoms with Crippen molar-refractivity contribution >= 4 is 29.0 Å². The molecule has 0 spiro atoms. The number of anilines is 1. The largest absolute Gasteiger partial charge is 0.504 e. The molecule has 0 saturated carbocycles. The van der Waals surface area contributed by atoms with Gasteiger partial charge >= 0.3 is 0 Å². The number of rotatable bonds is 3. The molecular weight excluding hydrogens is 495 g/mol. The Hall–Kier alpha value is -4.26. The maximum absolute atomic E-state index is 14.4. The van der Waals surface area contributed by atoms with E-state index in [1.54, 1.807) is 17.0 Å². The first-order valence-electron chi connectivity index (χ1n) is 13.2.